The number of piperidine rings is 1. The monoisotopic (exact) mass is 386 g/mol. The molecule has 1 aromatic rings. The van der Waals surface area contributed by atoms with Crippen molar-refractivity contribution in [2.24, 2.45) is 11.8 Å². The van der Waals surface area contributed by atoms with Crippen molar-refractivity contribution in [2.75, 3.05) is 53.0 Å². The Morgan fingerprint density at radius 2 is 2.11 bits per heavy atom. The Labute approximate surface area is 166 Å². The normalized spacial score (nSPS) is 26.9. The van der Waals surface area contributed by atoms with Gasteiger partial charge in [-0.15, -0.1) is 0 Å². The number of ether oxygens (including phenoxy) is 1. The summed E-state index contributed by atoms with van der Waals surface area (Å²) >= 11 is 0. The zero-order valence-electron chi connectivity index (χ0n) is 16.8. The molecule has 2 amide bonds. The lowest BCUT2D eigenvalue weighted by molar-refractivity contribution is -0.135. The molecule has 7 heteroatoms. The van der Waals surface area contributed by atoms with Gasteiger partial charge in [-0.05, 0) is 31.9 Å². The maximum Gasteiger partial charge on any atom is 0.255 e. The van der Waals surface area contributed by atoms with Crippen LogP contribution in [0.25, 0.3) is 0 Å². The van der Waals surface area contributed by atoms with Gasteiger partial charge in [-0.3, -0.25) is 19.5 Å². The Hall–Kier alpha value is -1.99. The van der Waals surface area contributed by atoms with Gasteiger partial charge in [0, 0.05) is 64.7 Å². The van der Waals surface area contributed by atoms with Crippen LogP contribution in [0.2, 0.25) is 0 Å². The van der Waals surface area contributed by atoms with E-state index in [2.05, 4.69) is 21.7 Å². The van der Waals surface area contributed by atoms with E-state index in [9.17, 15) is 9.59 Å². The molecule has 2 atom stereocenters. The summed E-state index contributed by atoms with van der Waals surface area (Å²) in [5.41, 5.74) is 0.530. The van der Waals surface area contributed by atoms with Gasteiger partial charge in [0.1, 0.15) is 0 Å². The van der Waals surface area contributed by atoms with Gasteiger partial charge in [-0.2, -0.15) is 0 Å². The Kier molecular flexibility index (Phi) is 5.38. The van der Waals surface area contributed by atoms with E-state index in [4.69, 9.17) is 4.74 Å². The van der Waals surface area contributed by atoms with E-state index in [1.807, 2.05) is 11.0 Å². The molecule has 1 spiro atoms. The van der Waals surface area contributed by atoms with Gasteiger partial charge in [0.15, 0.2) is 0 Å². The summed E-state index contributed by atoms with van der Waals surface area (Å²) in [6, 6.07) is 3.61. The first-order chi connectivity index (χ1) is 13.6. The molecule has 3 aliphatic heterocycles. The molecule has 152 valence electrons. The third kappa shape index (κ3) is 3.10. The average molecular weight is 386 g/mol. The summed E-state index contributed by atoms with van der Waals surface area (Å²) < 4.78 is 5.23. The van der Waals surface area contributed by atoms with Gasteiger partial charge in [-0.25, -0.2) is 0 Å². The number of aromatic nitrogens is 1. The highest BCUT2D eigenvalue weighted by atomic mass is 16.5. The van der Waals surface area contributed by atoms with E-state index in [1.165, 1.54) is 0 Å². The van der Waals surface area contributed by atoms with Crippen LogP contribution in [0.1, 0.15) is 30.1 Å². The molecule has 0 unspecified atom stereocenters. The molecule has 0 aromatic carbocycles. The Balaban J connectivity index is 1.49. The number of hydrogen-bond acceptors (Lipinski definition) is 5. The summed E-state index contributed by atoms with van der Waals surface area (Å²) in [7, 11) is 1.72. The summed E-state index contributed by atoms with van der Waals surface area (Å²) in [5, 5.41) is 0. The maximum atomic E-state index is 13.1. The first-order valence-corrected chi connectivity index (χ1v) is 10.3. The molecule has 0 radical (unpaired) electrons. The minimum absolute atomic E-state index is 0.0417. The molecular formula is C21H30N4O3. The second-order valence-corrected chi connectivity index (χ2v) is 8.19. The van der Waals surface area contributed by atoms with Crippen LogP contribution in [-0.4, -0.2) is 90.0 Å². The highest BCUT2D eigenvalue weighted by molar-refractivity contribution is 5.94. The van der Waals surface area contributed by atoms with Crippen molar-refractivity contribution < 1.29 is 14.3 Å². The first kappa shape index (κ1) is 19.3. The van der Waals surface area contributed by atoms with Crippen LogP contribution in [0.3, 0.4) is 0 Å². The smallest absolute Gasteiger partial charge is 0.255 e. The molecule has 3 aliphatic rings. The van der Waals surface area contributed by atoms with E-state index in [0.717, 1.165) is 39.0 Å². The molecule has 7 nitrogen and oxygen atoms in total. The highest BCUT2D eigenvalue weighted by Gasteiger charge is 2.61. The van der Waals surface area contributed by atoms with Crippen LogP contribution < -0.4 is 0 Å². The Morgan fingerprint density at radius 3 is 2.75 bits per heavy atom. The summed E-state index contributed by atoms with van der Waals surface area (Å²) in [6.07, 6.45) is 5.03. The zero-order chi connectivity index (χ0) is 19.7. The fraction of sp³-hybridized carbons (Fsp3) is 0.667. The molecule has 4 rings (SSSR count). The fourth-order valence-corrected chi connectivity index (χ4v) is 5.58. The summed E-state index contributed by atoms with van der Waals surface area (Å²) in [6.45, 7) is 7.58. The van der Waals surface area contributed by atoms with Crippen LogP contribution in [0, 0.1) is 11.8 Å². The second kappa shape index (κ2) is 7.79. The summed E-state index contributed by atoms with van der Waals surface area (Å²) in [5.74, 6) is 0.796. The van der Waals surface area contributed by atoms with Gasteiger partial charge in [-0.1, -0.05) is 0 Å². The van der Waals surface area contributed by atoms with E-state index >= 15 is 0 Å². The highest BCUT2D eigenvalue weighted by Crippen LogP contribution is 2.49. The SMILES string of the molecule is CCN1C(=O)[C@H]2CN(CCOC)C[C@H]2C12CCN(C(=O)c1cccnc1)CC2. The number of likely N-dealkylation sites (tertiary alicyclic amines) is 3. The van der Waals surface area contributed by atoms with Crippen molar-refractivity contribution in [3.05, 3.63) is 30.1 Å². The van der Waals surface area contributed by atoms with Gasteiger partial charge in [0.2, 0.25) is 5.91 Å². The van der Waals surface area contributed by atoms with Crippen LogP contribution >= 0.6 is 0 Å². The predicted octanol–water partition coefficient (Wildman–Crippen LogP) is 1.11. The zero-order valence-corrected chi connectivity index (χ0v) is 16.8. The number of rotatable bonds is 5. The number of carbonyl (C=O) groups excluding carboxylic acids is 2. The third-order valence-electron chi connectivity index (χ3n) is 6.96. The third-order valence-corrected chi connectivity index (χ3v) is 6.96. The lowest BCUT2D eigenvalue weighted by Gasteiger charge is -2.47. The topological polar surface area (TPSA) is 66.0 Å². The van der Waals surface area contributed by atoms with Crippen LogP contribution in [-0.2, 0) is 9.53 Å². The van der Waals surface area contributed by atoms with Crippen LogP contribution in [0.4, 0.5) is 0 Å². The lowest BCUT2D eigenvalue weighted by Crippen LogP contribution is -2.57. The number of amides is 2. The average Bonchev–Trinajstić information content (AvgIpc) is 3.25. The minimum Gasteiger partial charge on any atom is -0.383 e. The van der Waals surface area contributed by atoms with E-state index in [-0.39, 0.29) is 17.4 Å². The van der Waals surface area contributed by atoms with Gasteiger partial charge in [0.25, 0.3) is 5.91 Å². The predicted molar refractivity (Wildman–Crippen MR) is 105 cm³/mol. The van der Waals surface area contributed by atoms with Crippen molar-refractivity contribution in [1.29, 1.82) is 0 Å². The van der Waals surface area contributed by atoms with Gasteiger partial charge in [0.05, 0.1) is 23.6 Å². The fourth-order valence-electron chi connectivity index (χ4n) is 5.58. The lowest BCUT2D eigenvalue weighted by atomic mass is 9.74. The first-order valence-electron chi connectivity index (χ1n) is 10.3. The number of nitrogens with zero attached hydrogens (tertiary/aromatic N) is 4. The molecule has 0 N–H and O–H groups in total. The van der Waals surface area contributed by atoms with E-state index in [0.29, 0.717) is 37.1 Å². The molecule has 0 bridgehead atoms. The molecule has 1 aromatic heterocycles. The number of carbonyl (C=O) groups is 2. The Morgan fingerprint density at radius 1 is 1.32 bits per heavy atom. The summed E-state index contributed by atoms with van der Waals surface area (Å²) in [4.78, 5) is 36.4. The molecule has 28 heavy (non-hydrogen) atoms. The molecule has 4 heterocycles. The van der Waals surface area contributed by atoms with Crippen molar-refractivity contribution in [3.8, 4) is 0 Å². The van der Waals surface area contributed by atoms with E-state index in [1.54, 1.807) is 25.6 Å². The minimum atomic E-state index is -0.107. The number of methoxy groups -OCH3 is 1. The second-order valence-electron chi connectivity index (χ2n) is 8.19. The number of hydrogen-bond donors (Lipinski definition) is 0. The van der Waals surface area contributed by atoms with Gasteiger partial charge < -0.3 is 14.5 Å². The quantitative estimate of drug-likeness (QED) is 0.759. The van der Waals surface area contributed by atoms with Crippen molar-refractivity contribution in [2.45, 2.75) is 25.3 Å². The Bertz CT molecular complexity index is 718. The molecule has 3 saturated heterocycles. The number of pyridine rings is 1. The van der Waals surface area contributed by atoms with Crippen molar-refractivity contribution >= 4 is 11.8 Å². The van der Waals surface area contributed by atoms with Crippen molar-refractivity contribution in [3.63, 3.8) is 0 Å². The standard InChI is InChI=1S/C21H30N4O3/c1-3-25-20(27)17-14-23(11-12-28-2)15-18(17)21(25)6-9-24(10-7-21)19(26)16-5-4-8-22-13-16/h4-5,8,13,17-18H,3,6-7,9-12,14-15H2,1-2H3/t17-,18+/m0/s1. The van der Waals surface area contributed by atoms with Gasteiger partial charge >= 0.3 is 0 Å². The molecule has 3 fully saturated rings. The van der Waals surface area contributed by atoms with E-state index < -0.39 is 0 Å². The molecule has 0 saturated carbocycles. The molecular weight excluding hydrogens is 356 g/mol. The van der Waals surface area contributed by atoms with Crippen molar-refractivity contribution in [1.82, 2.24) is 19.7 Å². The number of fused-ring (bicyclic) bond motifs is 2. The van der Waals surface area contributed by atoms with Crippen LogP contribution in [0.15, 0.2) is 24.5 Å². The van der Waals surface area contributed by atoms with Crippen LogP contribution in [0.5, 0.6) is 0 Å². The largest absolute Gasteiger partial charge is 0.383 e. The maximum absolute atomic E-state index is 13.1. The molecule has 0 aliphatic carbocycles.